The number of piperidine rings is 1. The van der Waals surface area contributed by atoms with Crippen molar-refractivity contribution in [1.29, 1.82) is 0 Å². The Morgan fingerprint density at radius 1 is 1.06 bits per heavy atom. The first kappa shape index (κ1) is 21.8. The number of hydrogen-bond donors (Lipinski definition) is 0. The molecule has 1 fully saturated rings. The van der Waals surface area contributed by atoms with Crippen LogP contribution in [0, 0.1) is 5.82 Å². The fourth-order valence-electron chi connectivity index (χ4n) is 3.81. The van der Waals surface area contributed by atoms with Crippen molar-refractivity contribution >= 4 is 5.91 Å². The summed E-state index contributed by atoms with van der Waals surface area (Å²) < 4.78 is 29.8. The van der Waals surface area contributed by atoms with Crippen molar-refractivity contribution in [3.05, 3.63) is 59.7 Å². The molecule has 0 saturated carbocycles. The highest BCUT2D eigenvalue weighted by Crippen LogP contribution is 2.32. The van der Waals surface area contributed by atoms with Crippen LogP contribution in [0.2, 0.25) is 0 Å². The molecule has 168 valence electrons. The SMILES string of the molecule is CCOc1ccc(C(=O)N2CCC(c3nc(-c4ccc(F)cc4)no3)CC2)cc1OCC. The summed E-state index contributed by atoms with van der Waals surface area (Å²) >= 11 is 0. The van der Waals surface area contributed by atoms with Crippen molar-refractivity contribution in [3.8, 4) is 22.9 Å². The van der Waals surface area contributed by atoms with Gasteiger partial charge in [-0.1, -0.05) is 5.16 Å². The third kappa shape index (κ3) is 4.74. The molecule has 0 spiro atoms. The normalized spacial score (nSPS) is 14.4. The molecule has 0 aliphatic carbocycles. The maximum atomic E-state index is 13.1. The van der Waals surface area contributed by atoms with E-state index in [0.29, 0.717) is 60.6 Å². The zero-order valence-electron chi connectivity index (χ0n) is 18.2. The van der Waals surface area contributed by atoms with Crippen molar-refractivity contribution in [2.24, 2.45) is 0 Å². The zero-order chi connectivity index (χ0) is 22.5. The Hall–Kier alpha value is -3.42. The van der Waals surface area contributed by atoms with Gasteiger partial charge in [0.2, 0.25) is 11.7 Å². The molecule has 0 radical (unpaired) electrons. The highest BCUT2D eigenvalue weighted by atomic mass is 19.1. The Morgan fingerprint density at radius 3 is 2.44 bits per heavy atom. The summed E-state index contributed by atoms with van der Waals surface area (Å²) in [4.78, 5) is 19.4. The Balaban J connectivity index is 1.40. The zero-order valence-corrected chi connectivity index (χ0v) is 18.2. The van der Waals surface area contributed by atoms with Crippen molar-refractivity contribution in [2.75, 3.05) is 26.3 Å². The van der Waals surface area contributed by atoms with Crippen LogP contribution in [-0.4, -0.2) is 47.3 Å². The minimum Gasteiger partial charge on any atom is -0.490 e. The maximum absolute atomic E-state index is 13.1. The van der Waals surface area contributed by atoms with Crippen LogP contribution in [0.1, 0.15) is 48.9 Å². The van der Waals surface area contributed by atoms with Gasteiger partial charge in [-0.2, -0.15) is 4.98 Å². The maximum Gasteiger partial charge on any atom is 0.253 e. The molecule has 2 aromatic carbocycles. The average Bonchev–Trinajstić information content (AvgIpc) is 3.31. The number of carbonyl (C=O) groups excluding carboxylic acids is 1. The summed E-state index contributed by atoms with van der Waals surface area (Å²) in [6, 6.07) is 11.3. The lowest BCUT2D eigenvalue weighted by atomic mass is 9.96. The summed E-state index contributed by atoms with van der Waals surface area (Å²) in [6.45, 7) is 6.01. The first-order valence-corrected chi connectivity index (χ1v) is 10.9. The van der Waals surface area contributed by atoms with Gasteiger partial charge in [-0.15, -0.1) is 0 Å². The number of likely N-dealkylation sites (tertiary alicyclic amines) is 1. The van der Waals surface area contributed by atoms with Gasteiger partial charge in [0.05, 0.1) is 13.2 Å². The molecule has 4 rings (SSSR count). The van der Waals surface area contributed by atoms with Gasteiger partial charge in [-0.3, -0.25) is 4.79 Å². The number of aromatic nitrogens is 2. The van der Waals surface area contributed by atoms with Gasteiger partial charge in [0.25, 0.3) is 5.91 Å². The first-order valence-electron chi connectivity index (χ1n) is 10.9. The third-order valence-electron chi connectivity index (χ3n) is 5.47. The molecule has 2 heterocycles. The molecular weight excluding hydrogens is 413 g/mol. The molecule has 1 amide bonds. The molecule has 0 unspecified atom stereocenters. The molecule has 0 N–H and O–H groups in total. The average molecular weight is 439 g/mol. The Labute approximate surface area is 186 Å². The monoisotopic (exact) mass is 439 g/mol. The molecule has 1 saturated heterocycles. The van der Waals surface area contributed by atoms with Gasteiger partial charge in [0.15, 0.2) is 11.5 Å². The Kier molecular flexibility index (Phi) is 6.68. The van der Waals surface area contributed by atoms with Crippen LogP contribution in [0.3, 0.4) is 0 Å². The van der Waals surface area contributed by atoms with Crippen molar-refractivity contribution < 1.29 is 23.2 Å². The quantitative estimate of drug-likeness (QED) is 0.531. The lowest BCUT2D eigenvalue weighted by Crippen LogP contribution is -2.38. The number of ether oxygens (including phenoxy) is 2. The molecule has 32 heavy (non-hydrogen) atoms. The summed E-state index contributed by atoms with van der Waals surface area (Å²) in [5.74, 6) is 1.94. The number of carbonyl (C=O) groups is 1. The molecule has 3 aromatic rings. The number of nitrogens with zero attached hydrogens (tertiary/aromatic N) is 3. The van der Waals surface area contributed by atoms with Crippen molar-refractivity contribution in [3.63, 3.8) is 0 Å². The standard InChI is InChI=1S/C24H26FN3O4/c1-3-30-20-10-7-18(15-21(20)31-4-2)24(29)28-13-11-17(12-14-28)23-26-22(27-32-23)16-5-8-19(25)9-6-16/h5-10,15,17H,3-4,11-14H2,1-2H3. The van der Waals surface area contributed by atoms with Crippen LogP contribution in [0.5, 0.6) is 11.5 Å². The van der Waals surface area contributed by atoms with E-state index in [1.807, 2.05) is 18.7 Å². The van der Waals surface area contributed by atoms with E-state index in [-0.39, 0.29) is 17.6 Å². The molecular formula is C24H26FN3O4. The molecule has 0 atom stereocenters. The van der Waals surface area contributed by atoms with Gasteiger partial charge in [0.1, 0.15) is 5.82 Å². The smallest absolute Gasteiger partial charge is 0.253 e. The molecule has 1 aromatic heterocycles. The Bertz CT molecular complexity index is 1060. The first-order chi connectivity index (χ1) is 15.6. The predicted molar refractivity (Wildman–Crippen MR) is 116 cm³/mol. The van der Waals surface area contributed by atoms with Gasteiger partial charge < -0.3 is 18.9 Å². The second-order valence-electron chi connectivity index (χ2n) is 7.56. The highest BCUT2D eigenvalue weighted by Gasteiger charge is 2.28. The van der Waals surface area contributed by atoms with E-state index in [4.69, 9.17) is 14.0 Å². The predicted octanol–water partition coefficient (Wildman–Crippen LogP) is 4.69. The Morgan fingerprint density at radius 2 is 1.75 bits per heavy atom. The van der Waals surface area contributed by atoms with Crippen molar-refractivity contribution in [2.45, 2.75) is 32.6 Å². The second-order valence-corrected chi connectivity index (χ2v) is 7.56. The second kappa shape index (κ2) is 9.80. The van der Waals surface area contributed by atoms with Crippen LogP contribution >= 0.6 is 0 Å². The summed E-state index contributed by atoms with van der Waals surface area (Å²) in [7, 11) is 0. The fraction of sp³-hybridized carbons (Fsp3) is 0.375. The van der Waals surface area contributed by atoms with Crippen LogP contribution in [0.4, 0.5) is 4.39 Å². The third-order valence-corrected chi connectivity index (χ3v) is 5.47. The number of hydrogen-bond acceptors (Lipinski definition) is 6. The van der Waals surface area contributed by atoms with Crippen LogP contribution in [-0.2, 0) is 0 Å². The lowest BCUT2D eigenvalue weighted by molar-refractivity contribution is 0.0704. The number of amides is 1. The van der Waals surface area contributed by atoms with Gasteiger partial charge in [-0.25, -0.2) is 4.39 Å². The molecule has 1 aliphatic heterocycles. The van der Waals surface area contributed by atoms with Crippen LogP contribution in [0.25, 0.3) is 11.4 Å². The van der Waals surface area contributed by atoms with Crippen molar-refractivity contribution in [1.82, 2.24) is 15.0 Å². The summed E-state index contributed by atoms with van der Waals surface area (Å²) in [6.07, 6.45) is 1.46. The number of halogens is 1. The molecule has 0 bridgehead atoms. The minimum absolute atomic E-state index is 0.0371. The van der Waals surface area contributed by atoms with Gasteiger partial charge in [0, 0.05) is 30.1 Å². The summed E-state index contributed by atoms with van der Waals surface area (Å²) in [5.41, 5.74) is 1.28. The van der Waals surface area contributed by atoms with E-state index in [2.05, 4.69) is 10.1 Å². The molecule has 7 nitrogen and oxygen atoms in total. The largest absolute Gasteiger partial charge is 0.490 e. The van der Waals surface area contributed by atoms with E-state index < -0.39 is 0 Å². The van der Waals surface area contributed by atoms with E-state index in [0.717, 1.165) is 12.8 Å². The lowest BCUT2D eigenvalue weighted by Gasteiger charge is -2.30. The number of benzene rings is 2. The minimum atomic E-state index is -0.310. The van der Waals surface area contributed by atoms with Crippen LogP contribution in [0.15, 0.2) is 47.0 Å². The highest BCUT2D eigenvalue weighted by molar-refractivity contribution is 5.95. The number of rotatable bonds is 7. The topological polar surface area (TPSA) is 77.7 Å². The van der Waals surface area contributed by atoms with E-state index >= 15 is 0 Å². The van der Waals surface area contributed by atoms with Gasteiger partial charge in [-0.05, 0) is 69.2 Å². The fourth-order valence-corrected chi connectivity index (χ4v) is 3.81. The van der Waals surface area contributed by atoms with E-state index in [1.54, 1.807) is 30.3 Å². The van der Waals surface area contributed by atoms with Gasteiger partial charge >= 0.3 is 0 Å². The van der Waals surface area contributed by atoms with E-state index in [9.17, 15) is 9.18 Å². The molecule has 1 aliphatic rings. The van der Waals surface area contributed by atoms with Crippen LogP contribution < -0.4 is 9.47 Å². The van der Waals surface area contributed by atoms with E-state index in [1.165, 1.54) is 12.1 Å². The summed E-state index contributed by atoms with van der Waals surface area (Å²) in [5, 5.41) is 4.03. The molecule has 8 heteroatoms.